The van der Waals surface area contributed by atoms with E-state index in [4.69, 9.17) is 0 Å². The molecular weight excluding hydrogens is 230 g/mol. The van der Waals surface area contributed by atoms with Gasteiger partial charge in [0.15, 0.2) is 5.78 Å². The molecule has 0 saturated heterocycles. The molecule has 0 N–H and O–H groups in total. The van der Waals surface area contributed by atoms with Gasteiger partial charge in [-0.05, 0) is 18.9 Å². The number of Topliss-reactive ketones (excluding diaryl/α,β-unsaturated/α-hetero) is 1. The quantitative estimate of drug-likeness (QED) is 0.772. The predicted molar refractivity (Wildman–Crippen MR) is 70.7 cm³/mol. The summed E-state index contributed by atoms with van der Waals surface area (Å²) in [7, 11) is 0. The Morgan fingerprint density at radius 1 is 1.35 bits per heavy atom. The second-order valence-electron chi connectivity index (χ2n) is 3.97. The van der Waals surface area contributed by atoms with Gasteiger partial charge in [0.25, 0.3) is 0 Å². The average molecular weight is 245 g/mol. The molecule has 1 heterocycles. The molecule has 1 aromatic carbocycles. The summed E-state index contributed by atoms with van der Waals surface area (Å²) >= 11 is 1.59. The number of hydrogen-bond acceptors (Lipinski definition) is 3. The molecule has 0 atom stereocenters. The monoisotopic (exact) mass is 245 g/mol. The molecular formula is C14H15NOS. The van der Waals surface area contributed by atoms with E-state index in [9.17, 15) is 4.79 Å². The smallest absolute Gasteiger partial charge is 0.169 e. The standard InChI is InChI=1S/C14H15NOS/c1-3-11-6-4-5-7-13(11)14(16)8-12-9-17-10(2)15-12/h4-7,9H,3,8H2,1-2H3. The van der Waals surface area contributed by atoms with Gasteiger partial charge in [-0.2, -0.15) is 0 Å². The highest BCUT2D eigenvalue weighted by atomic mass is 32.1. The molecule has 2 nitrogen and oxygen atoms in total. The summed E-state index contributed by atoms with van der Waals surface area (Å²) in [6.07, 6.45) is 1.29. The molecule has 88 valence electrons. The van der Waals surface area contributed by atoms with Crippen LogP contribution in [0.25, 0.3) is 0 Å². The number of hydrogen-bond donors (Lipinski definition) is 0. The summed E-state index contributed by atoms with van der Waals surface area (Å²) in [5, 5.41) is 2.97. The maximum atomic E-state index is 12.2. The molecule has 3 heteroatoms. The molecule has 2 aromatic rings. The van der Waals surface area contributed by atoms with Crippen molar-refractivity contribution < 1.29 is 4.79 Å². The second kappa shape index (κ2) is 5.23. The first kappa shape index (κ1) is 12.0. The molecule has 2 rings (SSSR count). The van der Waals surface area contributed by atoms with E-state index in [1.165, 1.54) is 0 Å². The first-order chi connectivity index (χ1) is 8.20. The van der Waals surface area contributed by atoms with Gasteiger partial charge in [0.2, 0.25) is 0 Å². The number of benzene rings is 1. The van der Waals surface area contributed by atoms with Gasteiger partial charge in [-0.3, -0.25) is 4.79 Å². The Kier molecular flexibility index (Phi) is 3.69. The number of carbonyl (C=O) groups excluding carboxylic acids is 1. The highest BCUT2D eigenvalue weighted by Crippen LogP contribution is 2.15. The van der Waals surface area contributed by atoms with Gasteiger partial charge in [-0.15, -0.1) is 11.3 Å². The number of ketones is 1. The van der Waals surface area contributed by atoms with E-state index in [2.05, 4.69) is 11.9 Å². The van der Waals surface area contributed by atoms with Gasteiger partial charge in [0.05, 0.1) is 17.1 Å². The van der Waals surface area contributed by atoms with Crippen molar-refractivity contribution in [3.05, 3.63) is 51.5 Å². The molecule has 0 radical (unpaired) electrons. The SMILES string of the molecule is CCc1ccccc1C(=O)Cc1csc(C)n1. The van der Waals surface area contributed by atoms with Crippen molar-refractivity contribution in [2.24, 2.45) is 0 Å². The summed E-state index contributed by atoms with van der Waals surface area (Å²) < 4.78 is 0. The fraction of sp³-hybridized carbons (Fsp3) is 0.286. The van der Waals surface area contributed by atoms with Crippen molar-refractivity contribution in [3.8, 4) is 0 Å². The van der Waals surface area contributed by atoms with Crippen LogP contribution in [0.3, 0.4) is 0 Å². The molecule has 0 aliphatic heterocycles. The number of aromatic nitrogens is 1. The summed E-state index contributed by atoms with van der Waals surface area (Å²) in [5.74, 6) is 0.160. The highest BCUT2D eigenvalue weighted by molar-refractivity contribution is 7.09. The van der Waals surface area contributed by atoms with Crippen molar-refractivity contribution in [1.82, 2.24) is 4.98 Å². The van der Waals surface area contributed by atoms with Crippen molar-refractivity contribution in [3.63, 3.8) is 0 Å². The highest BCUT2D eigenvalue weighted by Gasteiger charge is 2.11. The number of aryl methyl sites for hydroxylation is 2. The molecule has 0 amide bonds. The number of carbonyl (C=O) groups is 1. The first-order valence-electron chi connectivity index (χ1n) is 5.72. The third kappa shape index (κ3) is 2.80. The van der Waals surface area contributed by atoms with Gasteiger partial charge >= 0.3 is 0 Å². The van der Waals surface area contributed by atoms with Crippen LogP contribution in [-0.2, 0) is 12.8 Å². The summed E-state index contributed by atoms with van der Waals surface area (Å²) in [6, 6.07) is 7.81. The lowest BCUT2D eigenvalue weighted by Gasteiger charge is -2.05. The third-order valence-corrected chi connectivity index (χ3v) is 3.53. The van der Waals surface area contributed by atoms with Crippen LogP contribution in [0.5, 0.6) is 0 Å². The normalized spacial score (nSPS) is 10.5. The van der Waals surface area contributed by atoms with Gasteiger partial charge in [-0.1, -0.05) is 31.2 Å². The maximum Gasteiger partial charge on any atom is 0.169 e. The average Bonchev–Trinajstić information content (AvgIpc) is 2.74. The molecule has 0 fully saturated rings. The van der Waals surface area contributed by atoms with Crippen LogP contribution in [0.1, 0.15) is 33.5 Å². The lowest BCUT2D eigenvalue weighted by Crippen LogP contribution is -2.07. The van der Waals surface area contributed by atoms with Crippen molar-refractivity contribution >= 4 is 17.1 Å². The van der Waals surface area contributed by atoms with Crippen LogP contribution < -0.4 is 0 Å². The number of nitrogens with zero attached hydrogens (tertiary/aromatic N) is 1. The largest absolute Gasteiger partial charge is 0.294 e. The fourth-order valence-corrected chi connectivity index (χ4v) is 2.46. The zero-order chi connectivity index (χ0) is 12.3. The van der Waals surface area contributed by atoms with Crippen molar-refractivity contribution in [1.29, 1.82) is 0 Å². The Bertz CT molecular complexity index is 531. The molecule has 0 saturated carbocycles. The molecule has 0 aliphatic rings. The maximum absolute atomic E-state index is 12.2. The van der Waals surface area contributed by atoms with Crippen molar-refractivity contribution in [2.45, 2.75) is 26.7 Å². The van der Waals surface area contributed by atoms with Crippen LogP contribution in [0.2, 0.25) is 0 Å². The minimum absolute atomic E-state index is 0.160. The van der Waals surface area contributed by atoms with Gasteiger partial charge < -0.3 is 0 Å². The van der Waals surface area contributed by atoms with E-state index >= 15 is 0 Å². The topological polar surface area (TPSA) is 30.0 Å². The number of thiazole rings is 1. The van der Waals surface area contributed by atoms with Crippen molar-refractivity contribution in [2.75, 3.05) is 0 Å². The van der Waals surface area contributed by atoms with E-state index in [1.54, 1.807) is 11.3 Å². The minimum atomic E-state index is 0.160. The lowest BCUT2D eigenvalue weighted by atomic mass is 9.99. The van der Waals surface area contributed by atoms with Gasteiger partial charge in [0.1, 0.15) is 0 Å². The Hall–Kier alpha value is -1.48. The Morgan fingerprint density at radius 2 is 2.12 bits per heavy atom. The van der Waals surface area contributed by atoms with E-state index in [0.717, 1.165) is 28.2 Å². The predicted octanol–water partition coefficient (Wildman–Crippen LogP) is 3.44. The second-order valence-corrected chi connectivity index (χ2v) is 5.03. The van der Waals surface area contributed by atoms with Crippen LogP contribution >= 0.6 is 11.3 Å². The molecule has 1 aromatic heterocycles. The first-order valence-corrected chi connectivity index (χ1v) is 6.60. The van der Waals surface area contributed by atoms with Crippen LogP contribution in [-0.4, -0.2) is 10.8 Å². The van der Waals surface area contributed by atoms with Crippen LogP contribution in [0, 0.1) is 6.92 Å². The van der Waals surface area contributed by atoms with E-state index in [-0.39, 0.29) is 5.78 Å². The van der Waals surface area contributed by atoms with E-state index in [1.807, 2.05) is 36.6 Å². The van der Waals surface area contributed by atoms with Crippen LogP contribution in [0.4, 0.5) is 0 Å². The fourth-order valence-electron chi connectivity index (χ4n) is 1.85. The lowest BCUT2D eigenvalue weighted by molar-refractivity contribution is 0.0991. The molecule has 0 spiro atoms. The zero-order valence-electron chi connectivity index (χ0n) is 10.1. The van der Waals surface area contributed by atoms with E-state index < -0.39 is 0 Å². The van der Waals surface area contributed by atoms with Gasteiger partial charge in [-0.25, -0.2) is 4.98 Å². The zero-order valence-corrected chi connectivity index (χ0v) is 10.9. The van der Waals surface area contributed by atoms with Gasteiger partial charge in [0, 0.05) is 10.9 Å². The van der Waals surface area contributed by atoms with E-state index in [0.29, 0.717) is 6.42 Å². The van der Waals surface area contributed by atoms with Crippen LogP contribution in [0.15, 0.2) is 29.6 Å². The summed E-state index contributed by atoms with van der Waals surface area (Å²) in [6.45, 7) is 4.03. The summed E-state index contributed by atoms with van der Waals surface area (Å²) in [4.78, 5) is 16.5. The molecule has 0 bridgehead atoms. The summed E-state index contributed by atoms with van der Waals surface area (Å²) in [5.41, 5.74) is 2.83. The molecule has 0 unspecified atom stereocenters. The minimum Gasteiger partial charge on any atom is -0.294 e. The Morgan fingerprint density at radius 3 is 2.76 bits per heavy atom. The Balaban J connectivity index is 2.20. The number of rotatable bonds is 4. The molecule has 0 aliphatic carbocycles. The molecule has 17 heavy (non-hydrogen) atoms. The Labute approximate surface area is 105 Å². The third-order valence-electron chi connectivity index (χ3n) is 2.71.